The third-order valence-corrected chi connectivity index (χ3v) is 3.96. The monoisotopic (exact) mass is 356 g/mol. The van der Waals surface area contributed by atoms with E-state index in [-0.39, 0.29) is 31.0 Å². The molecule has 0 saturated carbocycles. The minimum atomic E-state index is -4.43. The normalized spacial score (nSPS) is 20.6. The predicted molar refractivity (Wildman–Crippen MR) is 84.7 cm³/mol. The summed E-state index contributed by atoms with van der Waals surface area (Å²) in [5.41, 5.74) is 1.01. The van der Waals surface area contributed by atoms with Gasteiger partial charge in [0, 0.05) is 24.8 Å². The molecule has 1 heterocycles. The van der Waals surface area contributed by atoms with E-state index in [1.165, 1.54) is 12.1 Å². The van der Waals surface area contributed by atoms with E-state index in [9.17, 15) is 22.8 Å². The lowest BCUT2D eigenvalue weighted by molar-refractivity contribution is -0.206. The molecule has 0 radical (unpaired) electrons. The number of nitrogens with one attached hydrogen (secondary N) is 2. The minimum absolute atomic E-state index is 0.113. The number of amides is 2. The molecular weight excluding hydrogens is 337 g/mol. The molecule has 0 bridgehead atoms. The molecule has 1 aliphatic heterocycles. The Kier molecular flexibility index (Phi) is 6.19. The maximum Gasteiger partial charge on any atom is 0.395 e. The molecule has 2 atom stereocenters. The third kappa shape index (κ3) is 5.32. The SMILES string of the molecule is C=CC(=O)NCc1ccc(C(=O)N[C@H]2CCOC[C@H]2C(F)(F)F)cc1. The largest absolute Gasteiger partial charge is 0.395 e. The number of hydrogen-bond acceptors (Lipinski definition) is 3. The first-order chi connectivity index (χ1) is 11.8. The Morgan fingerprint density at radius 3 is 2.56 bits per heavy atom. The molecule has 25 heavy (non-hydrogen) atoms. The van der Waals surface area contributed by atoms with E-state index in [0.29, 0.717) is 0 Å². The first kappa shape index (κ1) is 19.0. The van der Waals surface area contributed by atoms with Gasteiger partial charge in [0.05, 0.1) is 12.5 Å². The van der Waals surface area contributed by atoms with Crippen molar-refractivity contribution in [3.8, 4) is 0 Å². The molecule has 0 aliphatic carbocycles. The first-order valence-corrected chi connectivity index (χ1v) is 7.76. The van der Waals surface area contributed by atoms with Gasteiger partial charge < -0.3 is 15.4 Å². The second-order valence-electron chi connectivity index (χ2n) is 5.71. The number of benzene rings is 1. The van der Waals surface area contributed by atoms with Crippen LogP contribution in [0.5, 0.6) is 0 Å². The van der Waals surface area contributed by atoms with E-state index in [2.05, 4.69) is 17.2 Å². The molecule has 8 heteroatoms. The topological polar surface area (TPSA) is 67.4 Å². The molecule has 2 rings (SSSR count). The van der Waals surface area contributed by atoms with E-state index < -0.39 is 30.7 Å². The Balaban J connectivity index is 1.97. The molecule has 1 aliphatic rings. The van der Waals surface area contributed by atoms with E-state index in [1.54, 1.807) is 12.1 Å². The number of carbonyl (C=O) groups is 2. The van der Waals surface area contributed by atoms with Crippen LogP contribution in [0.15, 0.2) is 36.9 Å². The number of carbonyl (C=O) groups excluding carboxylic acids is 2. The maximum atomic E-state index is 13.0. The summed E-state index contributed by atoms with van der Waals surface area (Å²) < 4.78 is 43.9. The Morgan fingerprint density at radius 1 is 1.28 bits per heavy atom. The van der Waals surface area contributed by atoms with Gasteiger partial charge in [-0.05, 0) is 30.2 Å². The number of alkyl halides is 3. The van der Waals surface area contributed by atoms with Crippen LogP contribution in [-0.2, 0) is 16.1 Å². The van der Waals surface area contributed by atoms with Crippen LogP contribution in [0.1, 0.15) is 22.3 Å². The van der Waals surface area contributed by atoms with Crippen LogP contribution >= 0.6 is 0 Å². The van der Waals surface area contributed by atoms with E-state index in [1.807, 2.05) is 0 Å². The van der Waals surface area contributed by atoms with Crippen molar-refractivity contribution in [2.75, 3.05) is 13.2 Å². The number of halogens is 3. The van der Waals surface area contributed by atoms with Crippen molar-refractivity contribution in [3.05, 3.63) is 48.0 Å². The van der Waals surface area contributed by atoms with E-state index >= 15 is 0 Å². The average molecular weight is 356 g/mol. The number of rotatable bonds is 5. The standard InChI is InChI=1S/C17H19F3N2O3/c1-2-15(23)21-9-11-3-5-12(6-4-11)16(24)22-14-7-8-25-10-13(14)17(18,19)20/h2-6,13-14H,1,7-10H2,(H,21,23)(H,22,24)/t13-,14+/m1/s1. The summed E-state index contributed by atoms with van der Waals surface area (Å²) in [6.07, 6.45) is -3.17. The van der Waals surface area contributed by atoms with Crippen molar-refractivity contribution in [2.24, 2.45) is 5.92 Å². The van der Waals surface area contributed by atoms with Crippen molar-refractivity contribution >= 4 is 11.8 Å². The fraction of sp³-hybridized carbons (Fsp3) is 0.412. The Hall–Kier alpha value is -2.35. The highest BCUT2D eigenvalue weighted by Gasteiger charge is 2.46. The van der Waals surface area contributed by atoms with Crippen molar-refractivity contribution in [2.45, 2.75) is 25.2 Å². The first-order valence-electron chi connectivity index (χ1n) is 7.76. The highest BCUT2D eigenvalue weighted by molar-refractivity contribution is 5.94. The van der Waals surface area contributed by atoms with Gasteiger partial charge in [0.2, 0.25) is 5.91 Å². The van der Waals surface area contributed by atoms with Gasteiger partial charge >= 0.3 is 6.18 Å². The van der Waals surface area contributed by atoms with Crippen LogP contribution in [-0.4, -0.2) is 37.2 Å². The molecule has 136 valence electrons. The lowest BCUT2D eigenvalue weighted by Crippen LogP contribution is -2.51. The zero-order chi connectivity index (χ0) is 18.4. The van der Waals surface area contributed by atoms with E-state index in [0.717, 1.165) is 11.6 Å². The van der Waals surface area contributed by atoms with Crippen molar-refractivity contribution in [1.82, 2.24) is 10.6 Å². The number of hydrogen-bond donors (Lipinski definition) is 2. The summed E-state index contributed by atoms with van der Waals surface area (Å²) in [6.45, 7) is 3.33. The third-order valence-electron chi connectivity index (χ3n) is 3.96. The molecular formula is C17H19F3N2O3. The molecule has 0 unspecified atom stereocenters. The zero-order valence-corrected chi connectivity index (χ0v) is 13.4. The highest BCUT2D eigenvalue weighted by Crippen LogP contribution is 2.32. The van der Waals surface area contributed by atoms with Crippen LogP contribution in [0.3, 0.4) is 0 Å². The lowest BCUT2D eigenvalue weighted by atomic mass is 9.94. The molecule has 1 saturated heterocycles. The second-order valence-corrected chi connectivity index (χ2v) is 5.71. The molecule has 1 aromatic rings. The lowest BCUT2D eigenvalue weighted by Gasteiger charge is -2.33. The molecule has 1 fully saturated rings. The average Bonchev–Trinajstić information content (AvgIpc) is 2.59. The summed E-state index contributed by atoms with van der Waals surface area (Å²) in [4.78, 5) is 23.3. The van der Waals surface area contributed by atoms with E-state index in [4.69, 9.17) is 4.74 Å². The van der Waals surface area contributed by atoms with Gasteiger partial charge in [0.25, 0.3) is 5.91 Å². The Labute approximate surface area is 143 Å². The van der Waals surface area contributed by atoms with Crippen LogP contribution in [0.2, 0.25) is 0 Å². The van der Waals surface area contributed by atoms with Crippen LogP contribution in [0.25, 0.3) is 0 Å². The molecule has 0 spiro atoms. The summed E-state index contributed by atoms with van der Waals surface area (Å²) in [6, 6.07) is 5.26. The van der Waals surface area contributed by atoms with Gasteiger partial charge in [-0.3, -0.25) is 9.59 Å². The molecule has 2 N–H and O–H groups in total. The Morgan fingerprint density at radius 2 is 1.96 bits per heavy atom. The molecule has 0 aromatic heterocycles. The molecule has 1 aromatic carbocycles. The summed E-state index contributed by atoms with van der Waals surface area (Å²) in [7, 11) is 0. The maximum absolute atomic E-state index is 13.0. The fourth-order valence-corrected chi connectivity index (χ4v) is 2.52. The zero-order valence-electron chi connectivity index (χ0n) is 13.4. The minimum Gasteiger partial charge on any atom is -0.381 e. The second kappa shape index (κ2) is 8.15. The summed E-state index contributed by atoms with van der Waals surface area (Å²) in [5.74, 6) is -2.60. The quantitative estimate of drug-likeness (QED) is 0.795. The number of ether oxygens (including phenoxy) is 1. The predicted octanol–water partition coefficient (Wildman–Crippen LogP) is 2.19. The van der Waals surface area contributed by atoms with Gasteiger partial charge in [0.1, 0.15) is 0 Å². The van der Waals surface area contributed by atoms with Gasteiger partial charge in [-0.25, -0.2) is 0 Å². The van der Waals surface area contributed by atoms with Crippen LogP contribution in [0, 0.1) is 5.92 Å². The fourth-order valence-electron chi connectivity index (χ4n) is 2.52. The highest BCUT2D eigenvalue weighted by atomic mass is 19.4. The van der Waals surface area contributed by atoms with Crippen LogP contribution in [0.4, 0.5) is 13.2 Å². The smallest absolute Gasteiger partial charge is 0.381 e. The van der Waals surface area contributed by atoms with Crippen LogP contribution < -0.4 is 10.6 Å². The van der Waals surface area contributed by atoms with Gasteiger partial charge in [-0.15, -0.1) is 0 Å². The van der Waals surface area contributed by atoms with Crippen molar-refractivity contribution in [1.29, 1.82) is 0 Å². The molecule has 2 amide bonds. The van der Waals surface area contributed by atoms with Crippen molar-refractivity contribution in [3.63, 3.8) is 0 Å². The summed E-state index contributed by atoms with van der Waals surface area (Å²) in [5, 5.41) is 5.04. The van der Waals surface area contributed by atoms with Gasteiger partial charge in [0.15, 0.2) is 0 Å². The molecule has 5 nitrogen and oxygen atoms in total. The van der Waals surface area contributed by atoms with Gasteiger partial charge in [-0.2, -0.15) is 13.2 Å². The van der Waals surface area contributed by atoms with Crippen molar-refractivity contribution < 1.29 is 27.5 Å². The van der Waals surface area contributed by atoms with Gasteiger partial charge in [-0.1, -0.05) is 18.7 Å². The Bertz CT molecular complexity index is 629. The summed E-state index contributed by atoms with van der Waals surface area (Å²) >= 11 is 0.